The molecule has 1 saturated heterocycles. The first kappa shape index (κ1) is 17.3. The molecular formula is C19H38N2. The molecule has 0 amide bonds. The average molecular weight is 295 g/mol. The highest BCUT2D eigenvalue weighted by Gasteiger charge is 2.33. The second-order valence-corrected chi connectivity index (χ2v) is 9.03. The van der Waals surface area contributed by atoms with E-state index in [9.17, 15) is 0 Å². The average Bonchev–Trinajstić information content (AvgIpc) is 2.38. The van der Waals surface area contributed by atoms with Gasteiger partial charge in [0, 0.05) is 30.7 Å². The van der Waals surface area contributed by atoms with Crippen molar-refractivity contribution in [2.75, 3.05) is 13.1 Å². The fourth-order valence-corrected chi connectivity index (χ4v) is 4.41. The van der Waals surface area contributed by atoms with E-state index in [0.717, 1.165) is 29.8 Å². The highest BCUT2D eigenvalue weighted by atomic mass is 15.2. The third-order valence-electron chi connectivity index (χ3n) is 5.92. The fraction of sp³-hybridized carbons (Fsp3) is 1.00. The van der Waals surface area contributed by atoms with Crippen molar-refractivity contribution >= 4 is 0 Å². The van der Waals surface area contributed by atoms with E-state index < -0.39 is 0 Å². The number of hydrogen-bond acceptors (Lipinski definition) is 2. The Hall–Kier alpha value is -0.0800. The molecule has 0 spiro atoms. The highest BCUT2D eigenvalue weighted by Crippen LogP contribution is 2.34. The van der Waals surface area contributed by atoms with E-state index in [1.807, 2.05) is 0 Å². The number of nitrogens with one attached hydrogen (secondary N) is 1. The van der Waals surface area contributed by atoms with E-state index in [4.69, 9.17) is 0 Å². The third-order valence-corrected chi connectivity index (χ3v) is 5.92. The lowest BCUT2D eigenvalue weighted by molar-refractivity contribution is 0.0819. The maximum Gasteiger partial charge on any atom is 0.0125 e. The van der Waals surface area contributed by atoms with Crippen molar-refractivity contribution in [3.8, 4) is 0 Å². The summed E-state index contributed by atoms with van der Waals surface area (Å²) in [5.41, 5.74) is 0.338. The minimum atomic E-state index is 0.338. The molecule has 21 heavy (non-hydrogen) atoms. The number of hydrogen-bond donors (Lipinski definition) is 1. The molecule has 1 heterocycles. The summed E-state index contributed by atoms with van der Waals surface area (Å²) < 4.78 is 0. The molecular weight excluding hydrogens is 256 g/mol. The smallest absolute Gasteiger partial charge is 0.0125 e. The first-order valence-corrected chi connectivity index (χ1v) is 9.28. The molecule has 0 radical (unpaired) electrons. The zero-order valence-electron chi connectivity index (χ0n) is 15.3. The van der Waals surface area contributed by atoms with E-state index in [1.165, 1.54) is 45.2 Å². The van der Waals surface area contributed by atoms with Gasteiger partial charge in [-0.1, -0.05) is 27.2 Å². The summed E-state index contributed by atoms with van der Waals surface area (Å²) >= 11 is 0. The second-order valence-electron chi connectivity index (χ2n) is 9.03. The predicted molar refractivity (Wildman–Crippen MR) is 92.6 cm³/mol. The normalized spacial score (nSPS) is 33.6. The van der Waals surface area contributed by atoms with Gasteiger partial charge in [-0.2, -0.15) is 0 Å². The third kappa shape index (κ3) is 4.69. The van der Waals surface area contributed by atoms with Crippen LogP contribution in [0.15, 0.2) is 0 Å². The van der Waals surface area contributed by atoms with Gasteiger partial charge < -0.3 is 5.32 Å². The Morgan fingerprint density at radius 1 is 1.00 bits per heavy atom. The van der Waals surface area contributed by atoms with Crippen LogP contribution in [-0.4, -0.2) is 35.6 Å². The second kappa shape index (κ2) is 7.00. The van der Waals surface area contributed by atoms with Gasteiger partial charge in [-0.3, -0.25) is 4.90 Å². The Morgan fingerprint density at radius 2 is 1.62 bits per heavy atom. The van der Waals surface area contributed by atoms with Crippen LogP contribution < -0.4 is 5.32 Å². The van der Waals surface area contributed by atoms with Gasteiger partial charge in [0.05, 0.1) is 0 Å². The first-order chi connectivity index (χ1) is 9.77. The maximum absolute atomic E-state index is 4.06. The Kier molecular flexibility index (Phi) is 5.76. The summed E-state index contributed by atoms with van der Waals surface area (Å²) in [5.74, 6) is 2.62. The molecule has 3 atom stereocenters. The lowest BCUT2D eigenvalue weighted by atomic mass is 9.73. The number of nitrogens with zero attached hydrogens (tertiary/aromatic N) is 1. The molecule has 0 bridgehead atoms. The van der Waals surface area contributed by atoms with Gasteiger partial charge >= 0.3 is 0 Å². The van der Waals surface area contributed by atoms with Gasteiger partial charge in [-0.05, 0) is 64.2 Å². The van der Waals surface area contributed by atoms with Crippen molar-refractivity contribution in [2.24, 2.45) is 17.8 Å². The minimum Gasteiger partial charge on any atom is -0.311 e. The summed E-state index contributed by atoms with van der Waals surface area (Å²) in [5, 5.41) is 4.06. The van der Waals surface area contributed by atoms with Crippen LogP contribution in [-0.2, 0) is 0 Å². The number of likely N-dealkylation sites (tertiary alicyclic amines) is 1. The summed E-state index contributed by atoms with van der Waals surface area (Å²) in [6, 6.07) is 1.51. The van der Waals surface area contributed by atoms with Crippen LogP contribution in [0, 0.1) is 17.8 Å². The van der Waals surface area contributed by atoms with Gasteiger partial charge in [0.25, 0.3) is 0 Å². The molecule has 2 nitrogen and oxygen atoms in total. The van der Waals surface area contributed by atoms with Crippen molar-refractivity contribution in [1.82, 2.24) is 10.2 Å². The van der Waals surface area contributed by atoms with E-state index >= 15 is 0 Å². The van der Waals surface area contributed by atoms with E-state index in [-0.39, 0.29) is 0 Å². The molecule has 124 valence electrons. The van der Waals surface area contributed by atoms with Crippen LogP contribution in [0.2, 0.25) is 0 Å². The van der Waals surface area contributed by atoms with Gasteiger partial charge in [0.2, 0.25) is 0 Å². The maximum atomic E-state index is 4.06. The first-order valence-electron chi connectivity index (χ1n) is 9.28. The molecule has 3 unspecified atom stereocenters. The van der Waals surface area contributed by atoms with Crippen molar-refractivity contribution in [1.29, 1.82) is 0 Å². The van der Waals surface area contributed by atoms with Crippen LogP contribution in [0.4, 0.5) is 0 Å². The topological polar surface area (TPSA) is 15.3 Å². The zero-order chi connectivity index (χ0) is 15.6. The Bertz CT molecular complexity index is 310. The molecule has 1 aliphatic heterocycles. The Labute approximate surface area is 133 Å². The van der Waals surface area contributed by atoms with Crippen molar-refractivity contribution in [2.45, 2.75) is 91.3 Å². The van der Waals surface area contributed by atoms with Crippen LogP contribution in [0.25, 0.3) is 0 Å². The lowest BCUT2D eigenvalue weighted by Gasteiger charge is -2.44. The van der Waals surface area contributed by atoms with E-state index in [0.29, 0.717) is 5.54 Å². The molecule has 1 N–H and O–H groups in total. The van der Waals surface area contributed by atoms with Crippen molar-refractivity contribution in [3.05, 3.63) is 0 Å². The van der Waals surface area contributed by atoms with Gasteiger partial charge in [-0.15, -0.1) is 0 Å². The largest absolute Gasteiger partial charge is 0.311 e. The summed E-state index contributed by atoms with van der Waals surface area (Å²) in [7, 11) is 0. The Morgan fingerprint density at radius 3 is 2.14 bits per heavy atom. The zero-order valence-corrected chi connectivity index (χ0v) is 15.3. The van der Waals surface area contributed by atoms with Gasteiger partial charge in [0.1, 0.15) is 0 Å². The lowest BCUT2D eigenvalue weighted by Crippen LogP contribution is -2.53. The molecule has 1 aliphatic carbocycles. The number of piperidine rings is 1. The summed E-state index contributed by atoms with van der Waals surface area (Å²) in [4.78, 5) is 2.65. The van der Waals surface area contributed by atoms with Crippen LogP contribution >= 0.6 is 0 Å². The SMILES string of the molecule is CC1CCC(C(C)C)C(NC2CCN(C(C)(C)C)CC2)C1. The fourth-order valence-electron chi connectivity index (χ4n) is 4.41. The Balaban J connectivity index is 1.86. The van der Waals surface area contributed by atoms with Gasteiger partial charge in [0.15, 0.2) is 0 Å². The molecule has 2 heteroatoms. The van der Waals surface area contributed by atoms with Crippen LogP contribution in [0.5, 0.6) is 0 Å². The quantitative estimate of drug-likeness (QED) is 0.835. The monoisotopic (exact) mass is 294 g/mol. The molecule has 0 aromatic carbocycles. The summed E-state index contributed by atoms with van der Waals surface area (Å²) in [6.07, 6.45) is 6.91. The highest BCUT2D eigenvalue weighted by molar-refractivity contribution is 4.90. The van der Waals surface area contributed by atoms with Gasteiger partial charge in [-0.25, -0.2) is 0 Å². The predicted octanol–water partition coefficient (Wildman–Crippen LogP) is 4.30. The van der Waals surface area contributed by atoms with Crippen molar-refractivity contribution in [3.63, 3.8) is 0 Å². The molecule has 2 aliphatic rings. The van der Waals surface area contributed by atoms with E-state index in [2.05, 4.69) is 51.8 Å². The van der Waals surface area contributed by atoms with Crippen LogP contribution in [0.3, 0.4) is 0 Å². The minimum absolute atomic E-state index is 0.338. The van der Waals surface area contributed by atoms with Crippen LogP contribution in [0.1, 0.15) is 73.6 Å². The molecule has 1 saturated carbocycles. The van der Waals surface area contributed by atoms with Crippen molar-refractivity contribution < 1.29 is 0 Å². The summed E-state index contributed by atoms with van der Waals surface area (Å²) in [6.45, 7) is 16.8. The standard InChI is InChI=1S/C19H38N2/c1-14(2)17-8-7-15(3)13-18(17)20-16-9-11-21(12-10-16)19(4,5)6/h14-18,20H,7-13H2,1-6H3. The molecule has 2 fully saturated rings. The number of rotatable bonds is 3. The molecule has 0 aromatic rings. The molecule has 2 rings (SSSR count). The van der Waals surface area contributed by atoms with E-state index in [1.54, 1.807) is 0 Å². The molecule has 0 aromatic heterocycles.